The molecular weight excluding hydrogens is 338 g/mol. The van der Waals surface area contributed by atoms with Crippen LogP contribution in [-0.4, -0.2) is 40.7 Å². The van der Waals surface area contributed by atoms with Gasteiger partial charge in [-0.3, -0.25) is 4.79 Å². The van der Waals surface area contributed by atoms with E-state index in [1.807, 2.05) is 11.8 Å². The minimum Gasteiger partial charge on any atom is -0.490 e. The maximum absolute atomic E-state index is 12.5. The third-order valence-corrected chi connectivity index (χ3v) is 7.38. The van der Waals surface area contributed by atoms with Crippen LogP contribution in [0.2, 0.25) is 0 Å². The van der Waals surface area contributed by atoms with Crippen LogP contribution >= 0.6 is 0 Å². The number of likely N-dealkylation sites (tertiary alicyclic amines) is 1. The number of amides is 1. The van der Waals surface area contributed by atoms with Gasteiger partial charge in [0.1, 0.15) is 5.75 Å². The Morgan fingerprint density at radius 3 is 2.59 bits per heavy atom. The number of hydrogen-bond acceptors (Lipinski definition) is 3. The molecule has 4 aliphatic rings. The van der Waals surface area contributed by atoms with Gasteiger partial charge in [0.05, 0.1) is 11.7 Å². The normalized spacial score (nSPS) is 34.3. The fourth-order valence-electron chi connectivity index (χ4n) is 5.67. The summed E-state index contributed by atoms with van der Waals surface area (Å²) in [5.74, 6) is 2.11. The molecule has 0 bridgehead atoms. The first-order chi connectivity index (χ1) is 12.8. The predicted molar refractivity (Wildman–Crippen MR) is 104 cm³/mol. The number of hydrogen-bond donors (Lipinski definition) is 1. The molecule has 1 atom stereocenters. The number of aliphatic hydroxyl groups is 1. The van der Waals surface area contributed by atoms with E-state index in [9.17, 15) is 9.90 Å². The summed E-state index contributed by atoms with van der Waals surface area (Å²) in [7, 11) is 0. The third-order valence-electron chi connectivity index (χ3n) is 7.38. The van der Waals surface area contributed by atoms with Gasteiger partial charge in [-0.1, -0.05) is 12.1 Å². The van der Waals surface area contributed by atoms with Crippen LogP contribution < -0.4 is 4.74 Å². The number of nitrogens with zero attached hydrogens (tertiary/aromatic N) is 1. The molecule has 1 spiro atoms. The van der Waals surface area contributed by atoms with Crippen LogP contribution in [-0.2, 0) is 4.79 Å². The average molecular weight is 370 g/mol. The molecule has 1 aromatic rings. The lowest BCUT2D eigenvalue weighted by Gasteiger charge is -2.51. The highest BCUT2D eigenvalue weighted by Gasteiger charge is 2.53. The van der Waals surface area contributed by atoms with Gasteiger partial charge in [-0.25, -0.2) is 0 Å². The van der Waals surface area contributed by atoms with Crippen molar-refractivity contribution in [2.45, 2.75) is 76.4 Å². The maximum Gasteiger partial charge on any atom is 0.225 e. The van der Waals surface area contributed by atoms with Crippen LogP contribution in [0, 0.1) is 18.3 Å². The highest BCUT2D eigenvalue weighted by molar-refractivity contribution is 5.81. The number of carbonyl (C=O) groups is 1. The minimum absolute atomic E-state index is 0.0404. The first-order valence-corrected chi connectivity index (χ1v) is 10.6. The standard InChI is InChI=1S/C23H31NO3/c1-15-19(16-6-7-16)4-3-5-20(15)27-18-8-9-23(12-18)13-24(14-23)21(25)17-10-22(2,26)11-17/h3-5,16-18,26H,6-14H2,1-2H3. The molecule has 1 aromatic carbocycles. The number of carbonyl (C=O) groups excluding carboxylic acids is 1. The van der Waals surface area contributed by atoms with Crippen molar-refractivity contribution in [3.63, 3.8) is 0 Å². The molecule has 1 amide bonds. The lowest BCUT2D eigenvalue weighted by Crippen LogP contribution is -2.61. The molecule has 5 rings (SSSR count). The summed E-state index contributed by atoms with van der Waals surface area (Å²) >= 11 is 0. The Morgan fingerprint density at radius 1 is 1.19 bits per heavy atom. The van der Waals surface area contributed by atoms with Crippen molar-refractivity contribution in [1.29, 1.82) is 0 Å². The van der Waals surface area contributed by atoms with Gasteiger partial charge in [-0.2, -0.15) is 0 Å². The average Bonchev–Trinajstić information content (AvgIpc) is 3.32. The summed E-state index contributed by atoms with van der Waals surface area (Å²) in [4.78, 5) is 14.6. The second kappa shape index (κ2) is 5.97. The Morgan fingerprint density at radius 2 is 1.93 bits per heavy atom. The Labute approximate surface area is 161 Å². The molecule has 1 aliphatic heterocycles. The highest BCUT2D eigenvalue weighted by Crippen LogP contribution is 2.49. The molecule has 1 unspecified atom stereocenters. The summed E-state index contributed by atoms with van der Waals surface area (Å²) in [6.45, 7) is 5.79. The molecule has 4 nitrogen and oxygen atoms in total. The molecule has 1 heterocycles. The van der Waals surface area contributed by atoms with Gasteiger partial charge in [-0.05, 0) is 81.9 Å². The van der Waals surface area contributed by atoms with Crippen LogP contribution in [0.25, 0.3) is 0 Å². The number of ether oxygens (including phenoxy) is 1. The molecule has 4 fully saturated rings. The molecule has 3 saturated carbocycles. The first kappa shape index (κ1) is 17.5. The van der Waals surface area contributed by atoms with Crippen LogP contribution in [0.5, 0.6) is 5.75 Å². The SMILES string of the molecule is Cc1c(OC2CCC3(C2)CN(C(=O)C2CC(C)(O)C2)C3)cccc1C1CC1. The van der Waals surface area contributed by atoms with E-state index in [0.717, 1.165) is 44.0 Å². The molecular formula is C23H31NO3. The largest absolute Gasteiger partial charge is 0.490 e. The maximum atomic E-state index is 12.5. The van der Waals surface area contributed by atoms with Gasteiger partial charge in [0, 0.05) is 24.4 Å². The minimum atomic E-state index is -0.623. The summed E-state index contributed by atoms with van der Waals surface area (Å²) in [6, 6.07) is 6.51. The van der Waals surface area contributed by atoms with E-state index in [2.05, 4.69) is 25.1 Å². The van der Waals surface area contributed by atoms with Gasteiger partial charge in [0.2, 0.25) is 5.91 Å². The molecule has 0 aromatic heterocycles. The Balaban J connectivity index is 1.16. The second-order valence-corrected chi connectivity index (χ2v) is 10.0. The second-order valence-electron chi connectivity index (χ2n) is 10.0. The summed E-state index contributed by atoms with van der Waals surface area (Å²) < 4.78 is 6.42. The molecule has 1 saturated heterocycles. The van der Waals surface area contributed by atoms with Crippen molar-refractivity contribution in [1.82, 2.24) is 4.90 Å². The Hall–Kier alpha value is -1.55. The first-order valence-electron chi connectivity index (χ1n) is 10.6. The number of rotatable bonds is 4. The topological polar surface area (TPSA) is 49.8 Å². The predicted octanol–water partition coefficient (Wildman–Crippen LogP) is 3.79. The van der Waals surface area contributed by atoms with E-state index >= 15 is 0 Å². The van der Waals surface area contributed by atoms with E-state index in [-0.39, 0.29) is 23.3 Å². The Bertz CT molecular complexity index is 753. The molecule has 0 radical (unpaired) electrons. The zero-order chi connectivity index (χ0) is 18.8. The van der Waals surface area contributed by atoms with Crippen LogP contribution in [0.15, 0.2) is 18.2 Å². The van der Waals surface area contributed by atoms with Crippen molar-refractivity contribution in [3.8, 4) is 5.75 Å². The van der Waals surface area contributed by atoms with Gasteiger partial charge in [0.15, 0.2) is 0 Å². The zero-order valence-electron chi connectivity index (χ0n) is 16.5. The van der Waals surface area contributed by atoms with Crippen molar-refractivity contribution >= 4 is 5.91 Å². The summed E-state index contributed by atoms with van der Waals surface area (Å²) in [6.07, 6.45) is 7.47. The molecule has 3 aliphatic carbocycles. The smallest absolute Gasteiger partial charge is 0.225 e. The zero-order valence-corrected chi connectivity index (χ0v) is 16.5. The van der Waals surface area contributed by atoms with Crippen molar-refractivity contribution in [3.05, 3.63) is 29.3 Å². The van der Waals surface area contributed by atoms with E-state index in [1.165, 1.54) is 24.0 Å². The quantitative estimate of drug-likeness (QED) is 0.878. The van der Waals surface area contributed by atoms with Gasteiger partial charge in [0.25, 0.3) is 0 Å². The van der Waals surface area contributed by atoms with Crippen molar-refractivity contribution in [2.24, 2.45) is 11.3 Å². The van der Waals surface area contributed by atoms with Crippen LogP contribution in [0.1, 0.15) is 68.9 Å². The fourth-order valence-corrected chi connectivity index (χ4v) is 5.67. The van der Waals surface area contributed by atoms with Crippen LogP contribution in [0.3, 0.4) is 0 Å². The molecule has 146 valence electrons. The highest BCUT2D eigenvalue weighted by atomic mass is 16.5. The number of benzene rings is 1. The van der Waals surface area contributed by atoms with E-state index < -0.39 is 5.60 Å². The van der Waals surface area contributed by atoms with Crippen molar-refractivity contribution < 1.29 is 14.6 Å². The molecule has 4 heteroatoms. The summed E-state index contributed by atoms with van der Waals surface area (Å²) in [5, 5.41) is 9.88. The lowest BCUT2D eigenvalue weighted by molar-refractivity contribution is -0.161. The lowest BCUT2D eigenvalue weighted by atomic mass is 9.70. The van der Waals surface area contributed by atoms with E-state index in [1.54, 1.807) is 0 Å². The molecule has 1 N–H and O–H groups in total. The van der Waals surface area contributed by atoms with E-state index in [0.29, 0.717) is 12.8 Å². The fraction of sp³-hybridized carbons (Fsp3) is 0.696. The van der Waals surface area contributed by atoms with Gasteiger partial charge >= 0.3 is 0 Å². The van der Waals surface area contributed by atoms with E-state index in [4.69, 9.17) is 4.74 Å². The van der Waals surface area contributed by atoms with Gasteiger partial charge in [-0.15, -0.1) is 0 Å². The monoisotopic (exact) mass is 369 g/mol. The molecule has 27 heavy (non-hydrogen) atoms. The van der Waals surface area contributed by atoms with Crippen LogP contribution in [0.4, 0.5) is 0 Å². The van der Waals surface area contributed by atoms with Gasteiger partial charge < -0.3 is 14.7 Å². The third kappa shape index (κ3) is 3.16. The van der Waals surface area contributed by atoms with Crippen molar-refractivity contribution in [2.75, 3.05) is 13.1 Å². The summed E-state index contributed by atoms with van der Waals surface area (Å²) in [5.41, 5.74) is 2.44. The Kier molecular flexibility index (Phi) is 3.88.